The molecule has 0 saturated carbocycles. The highest BCUT2D eigenvalue weighted by Gasteiger charge is 2.18. The Labute approximate surface area is 158 Å². The van der Waals surface area contributed by atoms with Crippen LogP contribution in [0.2, 0.25) is 0 Å². The summed E-state index contributed by atoms with van der Waals surface area (Å²) >= 11 is 0. The maximum absolute atomic E-state index is 12.4. The van der Waals surface area contributed by atoms with Crippen LogP contribution in [0, 0.1) is 5.92 Å². The van der Waals surface area contributed by atoms with Crippen LogP contribution in [0.15, 0.2) is 30.5 Å². The van der Waals surface area contributed by atoms with Gasteiger partial charge in [0.1, 0.15) is 6.54 Å². The van der Waals surface area contributed by atoms with Crippen molar-refractivity contribution in [2.75, 3.05) is 38.2 Å². The van der Waals surface area contributed by atoms with Crippen LogP contribution in [0.3, 0.4) is 0 Å². The number of nitrogens with one attached hydrogen (secondary N) is 1. The molecule has 3 rings (SSSR count). The van der Waals surface area contributed by atoms with Gasteiger partial charge in [0.15, 0.2) is 0 Å². The molecule has 0 aliphatic carbocycles. The van der Waals surface area contributed by atoms with Gasteiger partial charge in [-0.25, -0.2) is 0 Å². The Kier molecular flexibility index (Phi) is 7.02. The lowest BCUT2D eigenvalue weighted by molar-refractivity contribution is -0.135. The molecule has 7 nitrogen and oxygen atoms in total. The SMILES string of the molecule is CC(CN)C(=O)Nc1ccc2c(ccn2CC(=O)N2CCOCC2)c1.Cl. The monoisotopic (exact) mass is 380 g/mol. The molecule has 2 heterocycles. The lowest BCUT2D eigenvalue weighted by atomic mass is 10.1. The van der Waals surface area contributed by atoms with Crippen LogP contribution in [0.5, 0.6) is 0 Å². The lowest BCUT2D eigenvalue weighted by Crippen LogP contribution is -2.42. The predicted molar refractivity (Wildman–Crippen MR) is 103 cm³/mol. The van der Waals surface area contributed by atoms with Gasteiger partial charge < -0.3 is 25.3 Å². The summed E-state index contributed by atoms with van der Waals surface area (Å²) in [5, 5.41) is 3.85. The highest BCUT2D eigenvalue weighted by atomic mass is 35.5. The van der Waals surface area contributed by atoms with Crippen molar-refractivity contribution in [2.45, 2.75) is 13.5 Å². The lowest BCUT2D eigenvalue weighted by Gasteiger charge is -2.27. The van der Waals surface area contributed by atoms with Gasteiger partial charge in [-0.2, -0.15) is 0 Å². The third-order valence-corrected chi connectivity index (χ3v) is 4.51. The summed E-state index contributed by atoms with van der Waals surface area (Å²) < 4.78 is 7.21. The highest BCUT2D eigenvalue weighted by molar-refractivity contribution is 5.95. The molecule has 0 bridgehead atoms. The molecule has 1 fully saturated rings. The number of hydrogen-bond donors (Lipinski definition) is 2. The van der Waals surface area contributed by atoms with E-state index >= 15 is 0 Å². The number of halogens is 1. The van der Waals surface area contributed by atoms with E-state index < -0.39 is 0 Å². The van der Waals surface area contributed by atoms with Gasteiger partial charge in [-0.15, -0.1) is 12.4 Å². The van der Waals surface area contributed by atoms with E-state index in [1.807, 2.05) is 39.9 Å². The van der Waals surface area contributed by atoms with E-state index in [9.17, 15) is 9.59 Å². The van der Waals surface area contributed by atoms with Crippen molar-refractivity contribution in [3.05, 3.63) is 30.5 Å². The number of carbonyl (C=O) groups is 2. The molecule has 0 spiro atoms. The third-order valence-electron chi connectivity index (χ3n) is 4.51. The third kappa shape index (κ3) is 4.55. The van der Waals surface area contributed by atoms with E-state index in [1.165, 1.54) is 0 Å². The Morgan fingerprint density at radius 1 is 1.27 bits per heavy atom. The highest BCUT2D eigenvalue weighted by Crippen LogP contribution is 2.21. The number of fused-ring (bicyclic) bond motifs is 1. The number of anilines is 1. The van der Waals surface area contributed by atoms with Crippen molar-refractivity contribution in [3.8, 4) is 0 Å². The summed E-state index contributed by atoms with van der Waals surface area (Å²) in [6.45, 7) is 4.90. The Morgan fingerprint density at radius 3 is 2.69 bits per heavy atom. The Morgan fingerprint density at radius 2 is 2.00 bits per heavy atom. The molecule has 1 aliphatic rings. The fourth-order valence-corrected chi connectivity index (χ4v) is 2.85. The number of amides is 2. The number of hydrogen-bond acceptors (Lipinski definition) is 4. The normalized spacial score (nSPS) is 15.4. The minimum absolute atomic E-state index is 0. The minimum atomic E-state index is -0.230. The number of rotatable bonds is 5. The first kappa shape index (κ1) is 20.2. The van der Waals surface area contributed by atoms with Crippen LogP contribution in [0.4, 0.5) is 5.69 Å². The fourth-order valence-electron chi connectivity index (χ4n) is 2.85. The number of benzene rings is 1. The molecular weight excluding hydrogens is 356 g/mol. The van der Waals surface area contributed by atoms with Crippen molar-refractivity contribution in [1.29, 1.82) is 0 Å². The quantitative estimate of drug-likeness (QED) is 0.821. The van der Waals surface area contributed by atoms with Gasteiger partial charge >= 0.3 is 0 Å². The van der Waals surface area contributed by atoms with E-state index in [4.69, 9.17) is 10.5 Å². The molecule has 142 valence electrons. The van der Waals surface area contributed by atoms with E-state index in [1.54, 1.807) is 6.92 Å². The Bertz CT molecular complexity index is 771. The van der Waals surface area contributed by atoms with E-state index in [0.29, 0.717) is 39.4 Å². The fraction of sp³-hybridized carbons (Fsp3) is 0.444. The standard InChI is InChI=1S/C18H24N4O3.ClH/c1-13(11-19)18(24)20-15-2-3-16-14(10-15)4-5-22(16)12-17(23)21-6-8-25-9-7-21;/h2-5,10,13H,6-9,11-12,19H2,1H3,(H,20,24);1H. The van der Waals surface area contributed by atoms with Crippen LogP contribution in [-0.4, -0.2) is 54.1 Å². The zero-order valence-corrected chi connectivity index (χ0v) is 15.6. The molecule has 2 aromatic rings. The first-order valence-electron chi connectivity index (χ1n) is 8.54. The van der Waals surface area contributed by atoms with Crippen molar-refractivity contribution in [1.82, 2.24) is 9.47 Å². The van der Waals surface area contributed by atoms with Gasteiger partial charge in [0.25, 0.3) is 0 Å². The van der Waals surface area contributed by atoms with Crippen LogP contribution >= 0.6 is 12.4 Å². The van der Waals surface area contributed by atoms with Crippen molar-refractivity contribution >= 4 is 40.8 Å². The zero-order valence-electron chi connectivity index (χ0n) is 14.8. The van der Waals surface area contributed by atoms with Gasteiger partial charge in [-0.05, 0) is 24.3 Å². The average Bonchev–Trinajstić information content (AvgIpc) is 3.03. The number of aromatic nitrogens is 1. The molecule has 3 N–H and O–H groups in total. The molecule has 1 aliphatic heterocycles. The van der Waals surface area contributed by atoms with Gasteiger partial charge in [-0.1, -0.05) is 6.92 Å². The van der Waals surface area contributed by atoms with E-state index in [0.717, 1.165) is 16.6 Å². The molecule has 1 unspecified atom stereocenters. The zero-order chi connectivity index (χ0) is 17.8. The molecule has 0 radical (unpaired) electrons. The predicted octanol–water partition coefficient (Wildman–Crippen LogP) is 1.46. The molecule has 8 heteroatoms. The molecule has 1 atom stereocenters. The molecule has 2 amide bonds. The molecule has 1 aromatic carbocycles. The molecule has 1 saturated heterocycles. The minimum Gasteiger partial charge on any atom is -0.378 e. The van der Waals surface area contributed by atoms with Gasteiger partial charge in [0.05, 0.1) is 13.2 Å². The first-order chi connectivity index (χ1) is 12.1. The summed E-state index contributed by atoms with van der Waals surface area (Å²) in [5.74, 6) is -0.231. The number of morpholine rings is 1. The Hall–Kier alpha value is -2.09. The smallest absolute Gasteiger partial charge is 0.242 e. The van der Waals surface area contributed by atoms with Crippen LogP contribution in [0.25, 0.3) is 10.9 Å². The number of nitrogens with zero attached hydrogens (tertiary/aromatic N) is 2. The number of carbonyl (C=O) groups excluding carboxylic acids is 2. The molecule has 1 aromatic heterocycles. The van der Waals surface area contributed by atoms with Crippen LogP contribution in [0.1, 0.15) is 6.92 Å². The molecular formula is C18H25ClN4O3. The van der Waals surface area contributed by atoms with E-state index in [-0.39, 0.29) is 30.1 Å². The number of ether oxygens (including phenoxy) is 1. The summed E-state index contributed by atoms with van der Waals surface area (Å²) in [5.41, 5.74) is 7.22. The van der Waals surface area contributed by atoms with Gasteiger partial charge in [0, 0.05) is 48.3 Å². The van der Waals surface area contributed by atoms with Crippen molar-refractivity contribution in [2.24, 2.45) is 11.7 Å². The van der Waals surface area contributed by atoms with Crippen LogP contribution < -0.4 is 11.1 Å². The largest absolute Gasteiger partial charge is 0.378 e. The maximum atomic E-state index is 12.4. The summed E-state index contributed by atoms with van der Waals surface area (Å²) in [6, 6.07) is 7.62. The average molecular weight is 381 g/mol. The van der Waals surface area contributed by atoms with Gasteiger partial charge in [0.2, 0.25) is 11.8 Å². The second kappa shape index (κ2) is 9.02. The first-order valence-corrected chi connectivity index (χ1v) is 8.54. The second-order valence-corrected chi connectivity index (χ2v) is 6.34. The molecule has 26 heavy (non-hydrogen) atoms. The summed E-state index contributed by atoms with van der Waals surface area (Å²) in [6.07, 6.45) is 1.90. The summed E-state index contributed by atoms with van der Waals surface area (Å²) in [4.78, 5) is 26.2. The number of nitrogens with two attached hydrogens (primary N) is 1. The second-order valence-electron chi connectivity index (χ2n) is 6.34. The van der Waals surface area contributed by atoms with Crippen LogP contribution in [-0.2, 0) is 20.9 Å². The van der Waals surface area contributed by atoms with Crippen molar-refractivity contribution < 1.29 is 14.3 Å². The topological polar surface area (TPSA) is 89.6 Å². The Balaban J connectivity index is 0.00000243. The van der Waals surface area contributed by atoms with Gasteiger partial charge in [-0.3, -0.25) is 9.59 Å². The van der Waals surface area contributed by atoms with Crippen molar-refractivity contribution in [3.63, 3.8) is 0 Å². The van der Waals surface area contributed by atoms with E-state index in [2.05, 4.69) is 5.32 Å². The maximum Gasteiger partial charge on any atom is 0.242 e. The summed E-state index contributed by atoms with van der Waals surface area (Å²) in [7, 11) is 0.